The van der Waals surface area contributed by atoms with E-state index in [1.165, 1.54) is 5.56 Å². The number of nitrogens with zero attached hydrogens (tertiary/aromatic N) is 1. The molecule has 3 aromatic carbocycles. The number of aromatic amines is 1. The fourth-order valence-corrected chi connectivity index (χ4v) is 4.64. The zero-order valence-corrected chi connectivity index (χ0v) is 22.6. The smallest absolute Gasteiger partial charge is 0.309 e. The summed E-state index contributed by atoms with van der Waals surface area (Å²) in [6.45, 7) is 14.0. The van der Waals surface area contributed by atoms with Crippen molar-refractivity contribution in [2.24, 2.45) is 5.41 Å². The number of benzene rings is 3. The van der Waals surface area contributed by atoms with Gasteiger partial charge in [0.05, 0.1) is 16.4 Å². The molecule has 4 aromatic rings. The summed E-state index contributed by atoms with van der Waals surface area (Å²) in [5.74, 6) is -0.269. The van der Waals surface area contributed by atoms with Crippen LogP contribution in [0, 0.1) is 19.3 Å². The first-order valence-corrected chi connectivity index (χ1v) is 12.5. The van der Waals surface area contributed by atoms with Crippen molar-refractivity contribution in [1.82, 2.24) is 9.97 Å². The monoisotopic (exact) mass is 497 g/mol. The van der Waals surface area contributed by atoms with Gasteiger partial charge in [0.15, 0.2) is 0 Å². The SMILES string of the molecule is Cc1cc(CC(C)(C)C(=O)O)cc(C)c1-c1nc2ccc(C(=O)Nc3ccc(C(C)(C)C)cc3)cc2[nH]1. The molecule has 192 valence electrons. The molecule has 0 bridgehead atoms. The van der Waals surface area contributed by atoms with Crippen LogP contribution in [-0.2, 0) is 16.6 Å². The molecule has 3 N–H and O–H groups in total. The summed E-state index contributed by atoms with van der Waals surface area (Å²) >= 11 is 0. The number of H-pyrrole nitrogens is 1. The van der Waals surface area contributed by atoms with Gasteiger partial charge >= 0.3 is 5.97 Å². The van der Waals surface area contributed by atoms with Gasteiger partial charge in [0.2, 0.25) is 0 Å². The Balaban J connectivity index is 1.58. The van der Waals surface area contributed by atoms with E-state index in [1.54, 1.807) is 19.9 Å². The number of carboxylic acid groups (broad SMARTS) is 1. The number of fused-ring (bicyclic) bond motifs is 1. The Labute approximate surface area is 218 Å². The molecule has 0 spiro atoms. The topological polar surface area (TPSA) is 95.1 Å². The number of carboxylic acids is 1. The highest BCUT2D eigenvalue weighted by molar-refractivity contribution is 6.06. The van der Waals surface area contributed by atoms with Crippen molar-refractivity contribution < 1.29 is 14.7 Å². The molecule has 4 rings (SSSR count). The third kappa shape index (κ3) is 5.58. The second kappa shape index (κ2) is 9.51. The zero-order valence-electron chi connectivity index (χ0n) is 22.6. The van der Waals surface area contributed by atoms with E-state index in [2.05, 4.69) is 31.1 Å². The number of imidazole rings is 1. The van der Waals surface area contributed by atoms with Gasteiger partial charge in [0, 0.05) is 16.8 Å². The van der Waals surface area contributed by atoms with Gasteiger partial charge in [-0.3, -0.25) is 9.59 Å². The lowest BCUT2D eigenvalue weighted by Crippen LogP contribution is -2.26. The summed E-state index contributed by atoms with van der Waals surface area (Å²) in [5, 5.41) is 12.5. The van der Waals surface area contributed by atoms with E-state index in [0.29, 0.717) is 12.0 Å². The number of carbonyl (C=O) groups excluding carboxylic acids is 1. The van der Waals surface area contributed by atoms with Crippen molar-refractivity contribution >= 4 is 28.6 Å². The predicted molar refractivity (Wildman–Crippen MR) is 149 cm³/mol. The Morgan fingerprint density at radius 1 is 0.919 bits per heavy atom. The van der Waals surface area contributed by atoms with Gasteiger partial charge in [-0.1, -0.05) is 45.0 Å². The highest BCUT2D eigenvalue weighted by atomic mass is 16.4. The lowest BCUT2D eigenvalue weighted by molar-refractivity contribution is -0.146. The van der Waals surface area contributed by atoms with Crippen molar-refractivity contribution in [1.29, 1.82) is 0 Å². The van der Waals surface area contributed by atoms with Crippen molar-refractivity contribution in [2.75, 3.05) is 5.32 Å². The van der Waals surface area contributed by atoms with Crippen molar-refractivity contribution in [2.45, 2.75) is 60.3 Å². The van der Waals surface area contributed by atoms with E-state index >= 15 is 0 Å². The van der Waals surface area contributed by atoms with Crippen LogP contribution in [0.2, 0.25) is 0 Å². The average Bonchev–Trinajstić information content (AvgIpc) is 3.20. The molecule has 0 aliphatic carbocycles. The number of aromatic nitrogens is 2. The second-order valence-corrected chi connectivity index (χ2v) is 11.6. The molecule has 37 heavy (non-hydrogen) atoms. The minimum Gasteiger partial charge on any atom is -0.481 e. The molecule has 0 atom stereocenters. The summed E-state index contributed by atoms with van der Waals surface area (Å²) in [4.78, 5) is 32.7. The molecule has 0 unspecified atom stereocenters. The number of aliphatic carboxylic acids is 1. The van der Waals surface area contributed by atoms with Crippen LogP contribution in [-0.4, -0.2) is 27.0 Å². The van der Waals surface area contributed by atoms with Crippen LogP contribution in [0.3, 0.4) is 0 Å². The molecule has 0 saturated carbocycles. The van der Waals surface area contributed by atoms with E-state index in [-0.39, 0.29) is 11.3 Å². The number of aryl methyl sites for hydroxylation is 2. The number of carbonyl (C=O) groups is 2. The summed E-state index contributed by atoms with van der Waals surface area (Å²) in [6, 6.07) is 17.4. The molecule has 0 radical (unpaired) electrons. The molecule has 1 heterocycles. The van der Waals surface area contributed by atoms with Gasteiger partial charge in [-0.25, -0.2) is 4.98 Å². The summed E-state index contributed by atoms with van der Waals surface area (Å²) in [7, 11) is 0. The van der Waals surface area contributed by atoms with Gasteiger partial charge < -0.3 is 15.4 Å². The zero-order chi connectivity index (χ0) is 27.1. The lowest BCUT2D eigenvalue weighted by Gasteiger charge is -2.20. The highest BCUT2D eigenvalue weighted by Crippen LogP contribution is 2.31. The van der Waals surface area contributed by atoms with E-state index in [1.807, 2.05) is 62.4 Å². The molecule has 1 amide bonds. The van der Waals surface area contributed by atoms with E-state index in [4.69, 9.17) is 4.98 Å². The van der Waals surface area contributed by atoms with Crippen LogP contribution in [0.5, 0.6) is 0 Å². The van der Waals surface area contributed by atoms with Gasteiger partial charge in [0.25, 0.3) is 5.91 Å². The summed E-state index contributed by atoms with van der Waals surface area (Å²) < 4.78 is 0. The average molecular weight is 498 g/mol. The minimum absolute atomic E-state index is 0.0536. The first-order valence-electron chi connectivity index (χ1n) is 12.5. The Morgan fingerprint density at radius 3 is 2.11 bits per heavy atom. The quantitative estimate of drug-likeness (QED) is 0.266. The third-order valence-electron chi connectivity index (χ3n) is 6.81. The maximum Gasteiger partial charge on any atom is 0.309 e. The Bertz CT molecular complexity index is 1470. The molecule has 0 aliphatic rings. The molecule has 6 nitrogen and oxygen atoms in total. The Morgan fingerprint density at radius 2 is 1.54 bits per heavy atom. The highest BCUT2D eigenvalue weighted by Gasteiger charge is 2.28. The van der Waals surface area contributed by atoms with Gasteiger partial charge in [-0.15, -0.1) is 0 Å². The largest absolute Gasteiger partial charge is 0.481 e. The van der Waals surface area contributed by atoms with Crippen LogP contribution in [0.1, 0.15) is 67.2 Å². The molecular weight excluding hydrogens is 462 g/mol. The van der Waals surface area contributed by atoms with Gasteiger partial charge in [-0.05, 0) is 92.1 Å². The van der Waals surface area contributed by atoms with Crippen LogP contribution < -0.4 is 5.32 Å². The normalized spacial score (nSPS) is 12.1. The summed E-state index contributed by atoms with van der Waals surface area (Å²) in [6.07, 6.45) is 0.446. The number of anilines is 1. The maximum atomic E-state index is 12.9. The van der Waals surface area contributed by atoms with E-state index < -0.39 is 11.4 Å². The van der Waals surface area contributed by atoms with Gasteiger partial charge in [-0.2, -0.15) is 0 Å². The molecule has 6 heteroatoms. The number of hydrogen-bond acceptors (Lipinski definition) is 3. The maximum absolute atomic E-state index is 12.9. The summed E-state index contributed by atoms with van der Waals surface area (Å²) in [5.41, 5.74) is 7.28. The first-order chi connectivity index (χ1) is 17.2. The third-order valence-corrected chi connectivity index (χ3v) is 6.81. The molecule has 1 aromatic heterocycles. The second-order valence-electron chi connectivity index (χ2n) is 11.6. The molecular formula is C31H35N3O3. The number of nitrogens with one attached hydrogen (secondary N) is 2. The van der Waals surface area contributed by atoms with Crippen molar-refractivity contribution in [3.8, 4) is 11.4 Å². The molecule has 0 fully saturated rings. The Hall–Kier alpha value is -3.93. The van der Waals surface area contributed by atoms with Crippen LogP contribution in [0.25, 0.3) is 22.4 Å². The van der Waals surface area contributed by atoms with Gasteiger partial charge in [0.1, 0.15) is 5.82 Å². The van der Waals surface area contributed by atoms with E-state index in [9.17, 15) is 14.7 Å². The number of rotatable bonds is 6. The lowest BCUT2D eigenvalue weighted by atomic mass is 9.84. The predicted octanol–water partition coefficient (Wildman–Crippen LogP) is 7.05. The standard InChI is InChI=1S/C31H35N3O3/c1-18-14-20(17-31(6,7)29(36)37)15-19(2)26(18)27-33-24-13-8-21(16-25(24)34-27)28(35)32-23-11-9-22(10-12-23)30(3,4)5/h8-16H,17H2,1-7H3,(H,32,35)(H,33,34)(H,36,37). The number of hydrogen-bond donors (Lipinski definition) is 3. The Kier molecular flexibility index (Phi) is 6.72. The minimum atomic E-state index is -0.842. The fraction of sp³-hybridized carbons (Fsp3) is 0.323. The van der Waals surface area contributed by atoms with Crippen LogP contribution in [0.4, 0.5) is 5.69 Å². The fourth-order valence-electron chi connectivity index (χ4n) is 4.64. The first kappa shape index (κ1) is 26.1. The van der Waals surface area contributed by atoms with Crippen LogP contribution >= 0.6 is 0 Å². The molecule has 0 aliphatic heterocycles. The number of amides is 1. The van der Waals surface area contributed by atoms with E-state index in [0.717, 1.165) is 44.8 Å². The molecule has 0 saturated heterocycles. The van der Waals surface area contributed by atoms with Crippen LogP contribution in [0.15, 0.2) is 54.6 Å². The van der Waals surface area contributed by atoms with Crippen molar-refractivity contribution in [3.63, 3.8) is 0 Å². The van der Waals surface area contributed by atoms with Crippen molar-refractivity contribution in [3.05, 3.63) is 82.4 Å².